The molecule has 1 aromatic carbocycles. The Balaban J connectivity index is 1.40. The highest BCUT2D eigenvalue weighted by Crippen LogP contribution is 2.39. The third-order valence-electron chi connectivity index (χ3n) is 4.07. The molecule has 1 saturated heterocycles. The maximum atomic E-state index is 11.9. The molecule has 0 saturated carbocycles. The second-order valence-corrected chi connectivity index (χ2v) is 8.84. The van der Waals surface area contributed by atoms with E-state index in [1.165, 1.54) is 43.9 Å². The van der Waals surface area contributed by atoms with Crippen molar-refractivity contribution in [3.63, 3.8) is 0 Å². The number of aromatic hydroxyl groups is 1. The summed E-state index contributed by atoms with van der Waals surface area (Å²) in [5.74, 6) is 1.15. The molecule has 0 spiro atoms. The molecule has 1 aromatic rings. The number of carbonyl (C=O) groups excluding carboxylic acids is 1. The van der Waals surface area contributed by atoms with E-state index in [9.17, 15) is 9.90 Å². The van der Waals surface area contributed by atoms with E-state index in [1.54, 1.807) is 18.2 Å². The number of phenols is 1. The Morgan fingerprint density at radius 3 is 2.75 bits per heavy atom. The minimum atomic E-state index is -0.212. The Hall–Kier alpha value is -0.850. The first-order chi connectivity index (χ1) is 11.8. The molecule has 1 fully saturated rings. The highest BCUT2D eigenvalue weighted by atomic mass is 33.1. The van der Waals surface area contributed by atoms with Crippen molar-refractivity contribution in [2.45, 2.75) is 43.8 Å². The van der Waals surface area contributed by atoms with Crippen molar-refractivity contribution in [2.24, 2.45) is 0 Å². The van der Waals surface area contributed by atoms with Crippen LogP contribution in [0.5, 0.6) is 5.75 Å². The fraction of sp³-hybridized carbons (Fsp3) is 0.611. The van der Waals surface area contributed by atoms with Crippen LogP contribution in [0.2, 0.25) is 0 Å². The number of nitrogens with one attached hydrogen (secondary N) is 2. The van der Waals surface area contributed by atoms with Crippen LogP contribution in [0.1, 0.15) is 48.9 Å². The summed E-state index contributed by atoms with van der Waals surface area (Å²) in [6.07, 6.45) is 7.54. The molecule has 6 heteroatoms. The van der Waals surface area contributed by atoms with Crippen LogP contribution >= 0.6 is 21.6 Å². The smallest absolute Gasteiger partial charge is 0.255 e. The summed E-state index contributed by atoms with van der Waals surface area (Å²) in [5, 5.41) is 16.8. The van der Waals surface area contributed by atoms with Crippen LogP contribution in [0, 0.1) is 0 Å². The minimum Gasteiger partial charge on any atom is -0.507 e. The molecule has 1 aliphatic rings. The highest BCUT2D eigenvalue weighted by Gasteiger charge is 2.15. The predicted molar refractivity (Wildman–Crippen MR) is 105 cm³/mol. The summed E-state index contributed by atoms with van der Waals surface area (Å²) in [4.78, 5) is 11.9. The van der Waals surface area contributed by atoms with Gasteiger partial charge in [0.15, 0.2) is 0 Å². The molecule has 0 bridgehead atoms. The number of rotatable bonds is 11. The SMILES string of the molecule is O=C(NCCCNCCCCCC1CCSS1)c1ccccc1O. The lowest BCUT2D eigenvalue weighted by Gasteiger charge is -2.08. The number of para-hydroxylation sites is 1. The second-order valence-electron chi connectivity index (χ2n) is 6.05. The molecule has 3 N–H and O–H groups in total. The van der Waals surface area contributed by atoms with E-state index in [1.807, 2.05) is 10.8 Å². The zero-order valence-corrected chi connectivity index (χ0v) is 15.8. The first-order valence-electron chi connectivity index (χ1n) is 8.82. The van der Waals surface area contributed by atoms with E-state index >= 15 is 0 Å². The van der Waals surface area contributed by atoms with E-state index in [4.69, 9.17) is 0 Å². The van der Waals surface area contributed by atoms with Gasteiger partial charge in [-0.05, 0) is 50.9 Å². The molecule has 24 heavy (non-hydrogen) atoms. The van der Waals surface area contributed by atoms with Crippen molar-refractivity contribution in [3.8, 4) is 5.75 Å². The van der Waals surface area contributed by atoms with Crippen molar-refractivity contribution >= 4 is 27.5 Å². The maximum Gasteiger partial charge on any atom is 0.255 e. The van der Waals surface area contributed by atoms with Gasteiger partial charge in [0.05, 0.1) is 5.56 Å². The molecule has 134 valence electrons. The number of unbranched alkanes of at least 4 members (excludes halogenated alkanes) is 2. The number of phenolic OH excluding ortho intramolecular Hbond substituents is 1. The zero-order valence-electron chi connectivity index (χ0n) is 14.1. The Morgan fingerprint density at radius 2 is 1.96 bits per heavy atom. The van der Waals surface area contributed by atoms with Crippen LogP contribution in [0.25, 0.3) is 0 Å². The number of amides is 1. The number of carbonyl (C=O) groups is 1. The molecule has 4 nitrogen and oxygen atoms in total. The molecule has 1 amide bonds. The number of hydrogen-bond acceptors (Lipinski definition) is 5. The summed E-state index contributed by atoms with van der Waals surface area (Å²) >= 11 is 0. The van der Waals surface area contributed by atoms with Crippen LogP contribution in [0.15, 0.2) is 24.3 Å². The van der Waals surface area contributed by atoms with Crippen LogP contribution in [-0.4, -0.2) is 41.7 Å². The van der Waals surface area contributed by atoms with E-state index in [0.717, 1.165) is 24.8 Å². The Labute approximate surface area is 153 Å². The Morgan fingerprint density at radius 1 is 1.12 bits per heavy atom. The average Bonchev–Trinajstić information content (AvgIpc) is 3.10. The van der Waals surface area contributed by atoms with E-state index in [2.05, 4.69) is 21.4 Å². The van der Waals surface area contributed by atoms with Gasteiger partial charge < -0.3 is 15.7 Å². The minimum absolute atomic E-state index is 0.0303. The van der Waals surface area contributed by atoms with E-state index in [-0.39, 0.29) is 11.7 Å². The van der Waals surface area contributed by atoms with E-state index < -0.39 is 0 Å². The molecule has 1 aliphatic heterocycles. The van der Waals surface area contributed by atoms with Gasteiger partial charge in [-0.3, -0.25) is 4.79 Å². The van der Waals surface area contributed by atoms with Crippen LogP contribution in [0.4, 0.5) is 0 Å². The van der Waals surface area contributed by atoms with Gasteiger partial charge >= 0.3 is 0 Å². The molecule has 0 aromatic heterocycles. The fourth-order valence-corrected chi connectivity index (χ4v) is 5.69. The highest BCUT2D eigenvalue weighted by molar-refractivity contribution is 8.77. The summed E-state index contributed by atoms with van der Waals surface area (Å²) in [7, 11) is 4.10. The topological polar surface area (TPSA) is 61.4 Å². The van der Waals surface area contributed by atoms with Crippen LogP contribution < -0.4 is 10.6 Å². The van der Waals surface area contributed by atoms with Gasteiger partial charge in [-0.15, -0.1) is 0 Å². The Bertz CT molecular complexity index is 494. The predicted octanol–water partition coefficient (Wildman–Crippen LogP) is 3.82. The normalized spacial score (nSPS) is 17.1. The molecule has 1 atom stereocenters. The third kappa shape index (κ3) is 7.36. The molecule has 1 unspecified atom stereocenters. The van der Waals surface area contributed by atoms with Crippen LogP contribution in [-0.2, 0) is 0 Å². The first kappa shape index (κ1) is 19.5. The van der Waals surface area contributed by atoms with E-state index in [0.29, 0.717) is 12.1 Å². The van der Waals surface area contributed by atoms with Gasteiger partial charge in [0.2, 0.25) is 0 Å². The van der Waals surface area contributed by atoms with Crippen LogP contribution in [0.3, 0.4) is 0 Å². The maximum absolute atomic E-state index is 11.9. The molecule has 0 aliphatic carbocycles. The van der Waals surface area contributed by atoms with Crippen molar-refractivity contribution in [1.82, 2.24) is 10.6 Å². The van der Waals surface area contributed by atoms with Gasteiger partial charge in [0.1, 0.15) is 5.75 Å². The standard InChI is InChI=1S/C18H28N2O2S2/c21-17-9-4-3-8-16(17)18(22)20-13-6-12-19-11-5-1-2-7-15-10-14-23-24-15/h3-4,8-9,15,19,21H,1-2,5-7,10-14H2,(H,20,22). The number of hydrogen-bond donors (Lipinski definition) is 3. The van der Waals surface area contributed by atoms with Gasteiger partial charge in [0, 0.05) is 17.5 Å². The molecular formula is C18H28N2O2S2. The van der Waals surface area contributed by atoms with Gasteiger partial charge in [0.25, 0.3) is 5.91 Å². The first-order valence-corrected chi connectivity index (χ1v) is 11.2. The summed E-state index contributed by atoms with van der Waals surface area (Å²) in [6, 6.07) is 6.62. The van der Waals surface area contributed by atoms with Gasteiger partial charge in [-0.25, -0.2) is 0 Å². The van der Waals surface area contributed by atoms with Crippen molar-refractivity contribution < 1.29 is 9.90 Å². The van der Waals surface area contributed by atoms with Gasteiger partial charge in [-0.2, -0.15) is 0 Å². The van der Waals surface area contributed by atoms with Crippen molar-refractivity contribution in [3.05, 3.63) is 29.8 Å². The quantitative estimate of drug-likeness (QED) is 0.409. The average molecular weight is 369 g/mol. The largest absolute Gasteiger partial charge is 0.507 e. The summed E-state index contributed by atoms with van der Waals surface area (Å²) in [5.41, 5.74) is 0.337. The monoisotopic (exact) mass is 368 g/mol. The lowest BCUT2D eigenvalue weighted by atomic mass is 10.1. The summed E-state index contributed by atoms with van der Waals surface area (Å²) in [6.45, 7) is 2.59. The molecule has 1 heterocycles. The third-order valence-corrected chi connectivity index (χ3v) is 7.08. The number of benzene rings is 1. The molecule has 2 rings (SSSR count). The fourth-order valence-electron chi connectivity index (χ4n) is 2.66. The molecular weight excluding hydrogens is 340 g/mol. The molecule has 0 radical (unpaired) electrons. The Kier molecular flexibility index (Phi) is 9.46. The second kappa shape index (κ2) is 11.7. The van der Waals surface area contributed by atoms with Crippen molar-refractivity contribution in [1.29, 1.82) is 0 Å². The van der Waals surface area contributed by atoms with Crippen molar-refractivity contribution in [2.75, 3.05) is 25.4 Å². The lowest BCUT2D eigenvalue weighted by Crippen LogP contribution is -2.27. The lowest BCUT2D eigenvalue weighted by molar-refractivity contribution is 0.0950. The zero-order chi connectivity index (χ0) is 17.0. The summed E-state index contributed by atoms with van der Waals surface area (Å²) < 4.78 is 0. The van der Waals surface area contributed by atoms with Gasteiger partial charge in [-0.1, -0.05) is 46.6 Å².